The van der Waals surface area contributed by atoms with Crippen molar-refractivity contribution in [2.24, 2.45) is 0 Å². The van der Waals surface area contributed by atoms with E-state index in [-0.39, 0.29) is 11.7 Å². The molecule has 0 radical (unpaired) electrons. The number of nitrogens with one attached hydrogen (secondary N) is 3. The highest BCUT2D eigenvalue weighted by atomic mass is 16.2. The molecular formula is C14H17N5O. The van der Waals surface area contributed by atoms with Gasteiger partial charge in [-0.05, 0) is 16.7 Å². The number of carbonyl (C=O) groups excluding carboxylic acids is 1. The predicted molar refractivity (Wildman–Crippen MR) is 73.9 cm³/mol. The number of aryl methyl sites for hydroxylation is 1. The van der Waals surface area contributed by atoms with Gasteiger partial charge in [0, 0.05) is 26.1 Å². The van der Waals surface area contributed by atoms with Crippen LogP contribution < -0.4 is 10.6 Å². The zero-order chi connectivity index (χ0) is 13.9. The highest BCUT2D eigenvalue weighted by molar-refractivity contribution is 5.90. The van der Waals surface area contributed by atoms with Crippen molar-refractivity contribution in [1.82, 2.24) is 25.8 Å². The number of hydrogen-bond donors (Lipinski definition) is 3. The van der Waals surface area contributed by atoms with Gasteiger partial charge < -0.3 is 10.6 Å². The lowest BCUT2D eigenvalue weighted by Gasteiger charge is -2.05. The minimum Gasteiger partial charge on any atom is -0.345 e. The monoisotopic (exact) mass is 271 g/mol. The van der Waals surface area contributed by atoms with Crippen LogP contribution in [0, 0.1) is 0 Å². The van der Waals surface area contributed by atoms with Crippen molar-refractivity contribution in [2.75, 3.05) is 0 Å². The van der Waals surface area contributed by atoms with E-state index < -0.39 is 0 Å². The van der Waals surface area contributed by atoms with E-state index >= 15 is 0 Å². The topological polar surface area (TPSA) is 82.7 Å². The molecule has 1 aliphatic rings. The van der Waals surface area contributed by atoms with Gasteiger partial charge in [0.25, 0.3) is 5.91 Å². The Morgan fingerprint density at radius 2 is 2.20 bits per heavy atom. The lowest BCUT2D eigenvalue weighted by Crippen LogP contribution is -2.24. The molecule has 0 fully saturated rings. The van der Waals surface area contributed by atoms with Crippen LogP contribution in [0.15, 0.2) is 18.2 Å². The molecule has 3 rings (SSSR count). The first kappa shape index (κ1) is 12.8. The lowest BCUT2D eigenvalue weighted by molar-refractivity contribution is 0.0941. The number of aromatic amines is 1. The average Bonchev–Trinajstić information content (AvgIpc) is 3.12. The third-order valence-corrected chi connectivity index (χ3v) is 3.42. The normalized spacial score (nSPS) is 13.2. The van der Waals surface area contributed by atoms with Crippen molar-refractivity contribution < 1.29 is 4.79 Å². The summed E-state index contributed by atoms with van der Waals surface area (Å²) < 4.78 is 0. The molecule has 1 aliphatic heterocycles. The number of carbonyl (C=O) groups is 1. The van der Waals surface area contributed by atoms with Gasteiger partial charge in [0.2, 0.25) is 5.82 Å². The summed E-state index contributed by atoms with van der Waals surface area (Å²) in [7, 11) is 0. The van der Waals surface area contributed by atoms with Gasteiger partial charge in [-0.2, -0.15) is 0 Å². The first-order valence-corrected chi connectivity index (χ1v) is 6.77. The maximum Gasteiger partial charge on any atom is 0.291 e. The van der Waals surface area contributed by atoms with Gasteiger partial charge >= 0.3 is 0 Å². The van der Waals surface area contributed by atoms with E-state index in [1.807, 2.05) is 13.0 Å². The third-order valence-electron chi connectivity index (χ3n) is 3.42. The van der Waals surface area contributed by atoms with Gasteiger partial charge in [-0.15, -0.1) is 5.10 Å². The summed E-state index contributed by atoms with van der Waals surface area (Å²) >= 11 is 0. The molecule has 0 bridgehead atoms. The van der Waals surface area contributed by atoms with E-state index in [0.717, 1.165) is 30.9 Å². The number of hydrogen-bond acceptors (Lipinski definition) is 4. The summed E-state index contributed by atoms with van der Waals surface area (Å²) in [6, 6.07) is 6.28. The van der Waals surface area contributed by atoms with Gasteiger partial charge in [0.1, 0.15) is 5.82 Å². The molecule has 0 saturated heterocycles. The smallest absolute Gasteiger partial charge is 0.291 e. The van der Waals surface area contributed by atoms with Crippen LogP contribution in [0.2, 0.25) is 0 Å². The molecule has 1 aromatic heterocycles. The number of H-pyrrole nitrogens is 1. The summed E-state index contributed by atoms with van der Waals surface area (Å²) in [5.74, 6) is 0.669. The van der Waals surface area contributed by atoms with Crippen LogP contribution >= 0.6 is 0 Å². The number of nitrogens with zero attached hydrogens (tertiary/aromatic N) is 2. The maximum atomic E-state index is 11.9. The Labute approximate surface area is 117 Å². The van der Waals surface area contributed by atoms with Crippen molar-refractivity contribution in [1.29, 1.82) is 0 Å². The summed E-state index contributed by atoms with van der Waals surface area (Å²) in [6.07, 6.45) is 0.734. The van der Waals surface area contributed by atoms with Crippen LogP contribution in [0.1, 0.15) is 40.1 Å². The zero-order valence-electron chi connectivity index (χ0n) is 11.4. The molecule has 0 unspecified atom stereocenters. The van der Waals surface area contributed by atoms with E-state index in [0.29, 0.717) is 6.54 Å². The Kier molecular flexibility index (Phi) is 3.47. The van der Waals surface area contributed by atoms with Crippen LogP contribution in [0.4, 0.5) is 0 Å². The number of aromatic nitrogens is 3. The van der Waals surface area contributed by atoms with E-state index in [1.165, 1.54) is 11.1 Å². The third kappa shape index (κ3) is 2.55. The molecule has 0 atom stereocenters. The fourth-order valence-corrected chi connectivity index (χ4v) is 2.27. The molecule has 2 aromatic rings. The predicted octanol–water partition coefficient (Wildman–Crippen LogP) is 0.900. The number of rotatable bonds is 4. The molecule has 1 amide bonds. The Hall–Kier alpha value is -2.21. The van der Waals surface area contributed by atoms with Crippen LogP contribution in [-0.4, -0.2) is 21.1 Å². The molecule has 2 heterocycles. The lowest BCUT2D eigenvalue weighted by atomic mass is 10.1. The van der Waals surface area contributed by atoms with Gasteiger partial charge in [-0.25, -0.2) is 4.98 Å². The minimum absolute atomic E-state index is 0.199. The van der Waals surface area contributed by atoms with Gasteiger partial charge in [-0.3, -0.25) is 9.89 Å². The molecule has 104 valence electrons. The quantitative estimate of drug-likeness (QED) is 0.771. The molecule has 20 heavy (non-hydrogen) atoms. The van der Waals surface area contributed by atoms with Gasteiger partial charge in [0.15, 0.2) is 0 Å². The number of amides is 1. The summed E-state index contributed by atoms with van der Waals surface area (Å²) in [5.41, 5.74) is 3.73. The van der Waals surface area contributed by atoms with E-state index in [2.05, 4.69) is 37.9 Å². The fraction of sp³-hybridized carbons (Fsp3) is 0.357. The highest BCUT2D eigenvalue weighted by Crippen LogP contribution is 2.16. The number of benzene rings is 1. The van der Waals surface area contributed by atoms with Crippen molar-refractivity contribution >= 4 is 5.91 Å². The van der Waals surface area contributed by atoms with Crippen LogP contribution in [0.5, 0.6) is 0 Å². The molecule has 6 nitrogen and oxygen atoms in total. The van der Waals surface area contributed by atoms with Crippen molar-refractivity contribution in [3.8, 4) is 0 Å². The molecule has 0 aliphatic carbocycles. The second-order valence-electron chi connectivity index (χ2n) is 4.85. The molecular weight excluding hydrogens is 254 g/mol. The minimum atomic E-state index is -0.250. The van der Waals surface area contributed by atoms with Crippen LogP contribution in [0.3, 0.4) is 0 Å². The number of fused-ring (bicyclic) bond motifs is 1. The maximum absolute atomic E-state index is 11.9. The van der Waals surface area contributed by atoms with Crippen molar-refractivity contribution in [3.05, 3.63) is 46.5 Å². The van der Waals surface area contributed by atoms with E-state index in [4.69, 9.17) is 0 Å². The summed E-state index contributed by atoms with van der Waals surface area (Å²) in [5, 5.41) is 12.8. The SMILES string of the molecule is CCc1nc(C(=O)NCc2ccc3c(c2)CNC3)n[nH]1. The summed E-state index contributed by atoms with van der Waals surface area (Å²) in [4.78, 5) is 16.0. The molecule has 0 saturated carbocycles. The molecule has 1 aromatic carbocycles. The summed E-state index contributed by atoms with van der Waals surface area (Å²) in [6.45, 7) is 4.28. The van der Waals surface area contributed by atoms with Crippen molar-refractivity contribution in [2.45, 2.75) is 33.0 Å². The van der Waals surface area contributed by atoms with Gasteiger partial charge in [0.05, 0.1) is 0 Å². The van der Waals surface area contributed by atoms with Crippen molar-refractivity contribution in [3.63, 3.8) is 0 Å². The van der Waals surface area contributed by atoms with Gasteiger partial charge in [-0.1, -0.05) is 25.1 Å². The molecule has 3 N–H and O–H groups in total. The first-order chi connectivity index (χ1) is 9.76. The first-order valence-electron chi connectivity index (χ1n) is 6.77. The second kappa shape index (κ2) is 5.42. The second-order valence-corrected chi connectivity index (χ2v) is 4.85. The average molecular weight is 271 g/mol. The standard InChI is InChI=1S/C14H17N5O/c1-2-12-17-13(19-18-12)14(20)16-6-9-3-4-10-7-15-8-11(10)5-9/h3-5,15H,2,6-8H2,1H3,(H,16,20)(H,17,18,19). The van der Waals surface area contributed by atoms with Crippen LogP contribution in [0.25, 0.3) is 0 Å². The fourth-order valence-electron chi connectivity index (χ4n) is 2.27. The Balaban J connectivity index is 1.63. The largest absolute Gasteiger partial charge is 0.345 e. The van der Waals surface area contributed by atoms with E-state index in [1.54, 1.807) is 0 Å². The Bertz CT molecular complexity index is 634. The molecule has 6 heteroatoms. The highest BCUT2D eigenvalue weighted by Gasteiger charge is 2.13. The van der Waals surface area contributed by atoms with E-state index in [9.17, 15) is 4.79 Å². The Morgan fingerprint density at radius 1 is 1.35 bits per heavy atom. The zero-order valence-corrected chi connectivity index (χ0v) is 11.4. The Morgan fingerprint density at radius 3 is 3.00 bits per heavy atom. The molecule has 0 spiro atoms. The van der Waals surface area contributed by atoms with Crippen LogP contribution in [-0.2, 0) is 26.1 Å².